The molecule has 2 aliphatic rings. The molecule has 108 valence electrons. The van der Waals surface area contributed by atoms with Gasteiger partial charge in [0.1, 0.15) is 0 Å². The van der Waals surface area contributed by atoms with E-state index in [1.807, 2.05) is 0 Å². The molecule has 3 aromatic rings. The van der Waals surface area contributed by atoms with Gasteiger partial charge in [0.2, 0.25) is 0 Å². The predicted octanol–water partition coefficient (Wildman–Crippen LogP) is 5.48. The molecular weight excluding hydrogens is 265 g/mol. The van der Waals surface area contributed by atoms with Crippen molar-refractivity contribution in [2.75, 3.05) is 0 Å². The smallest absolute Gasteiger partial charge is 0.266 e. The minimum atomic E-state index is 0.718. The second-order valence-electron chi connectivity index (χ2n) is 6.99. The Bertz CT molecular complexity index is 800. The predicted molar refractivity (Wildman–Crippen MR) is 94.5 cm³/mol. The molecule has 0 aliphatic carbocycles. The number of benzene rings is 2. The van der Waals surface area contributed by atoms with E-state index in [1.165, 1.54) is 47.8 Å². The Hall–Kier alpha value is -1.96. The van der Waals surface area contributed by atoms with E-state index in [0.717, 1.165) is 18.5 Å². The van der Waals surface area contributed by atoms with Crippen molar-refractivity contribution >= 4 is 17.8 Å². The highest BCUT2D eigenvalue weighted by atomic mass is 14.9. The van der Waals surface area contributed by atoms with Gasteiger partial charge >= 0.3 is 0 Å². The van der Waals surface area contributed by atoms with Crippen LogP contribution in [0.1, 0.15) is 25.7 Å². The maximum Gasteiger partial charge on any atom is 0.266 e. The topological polar surface area (TPSA) is 4.93 Å². The zero-order valence-electron chi connectivity index (χ0n) is 12.8. The first-order valence-electron chi connectivity index (χ1n) is 8.57. The van der Waals surface area contributed by atoms with Gasteiger partial charge in [-0.1, -0.05) is 74.2 Å². The Morgan fingerprint density at radius 3 is 2.14 bits per heavy atom. The quantitative estimate of drug-likeness (QED) is 0.550. The number of nitrogens with zero attached hydrogens (tertiary/aromatic N) is 1. The van der Waals surface area contributed by atoms with Crippen LogP contribution in [0.4, 0.5) is 0 Å². The summed E-state index contributed by atoms with van der Waals surface area (Å²) in [5, 5.41) is 1.38. The van der Waals surface area contributed by atoms with Gasteiger partial charge in [0.25, 0.3) is 6.85 Å². The fourth-order valence-electron chi connectivity index (χ4n) is 4.96. The van der Waals surface area contributed by atoms with Crippen LogP contribution in [0.3, 0.4) is 0 Å². The number of aromatic nitrogens is 1. The lowest BCUT2D eigenvalue weighted by atomic mass is 9.51. The minimum absolute atomic E-state index is 0.718. The van der Waals surface area contributed by atoms with Crippen LogP contribution in [0, 0.1) is 0 Å². The molecule has 0 unspecified atom stereocenters. The van der Waals surface area contributed by atoms with E-state index in [9.17, 15) is 0 Å². The van der Waals surface area contributed by atoms with E-state index in [0.29, 0.717) is 0 Å². The van der Waals surface area contributed by atoms with Crippen molar-refractivity contribution in [3.05, 3.63) is 60.7 Å². The van der Waals surface area contributed by atoms with Crippen LogP contribution in [0.15, 0.2) is 60.7 Å². The maximum atomic E-state index is 2.68. The van der Waals surface area contributed by atoms with Gasteiger partial charge in [0.15, 0.2) is 0 Å². The number of hydrogen-bond donors (Lipinski definition) is 0. The SMILES string of the molecule is c1ccc(-c2cc3ccccc3n2B2C3CCC2CC3)cc1. The fourth-order valence-corrected chi connectivity index (χ4v) is 4.96. The summed E-state index contributed by atoms with van der Waals surface area (Å²) in [5.41, 5.74) is 4.18. The maximum absolute atomic E-state index is 2.68. The molecule has 2 heteroatoms. The zero-order valence-corrected chi connectivity index (χ0v) is 12.8. The van der Waals surface area contributed by atoms with Gasteiger partial charge < -0.3 is 4.48 Å². The molecule has 2 saturated heterocycles. The molecule has 2 fully saturated rings. The minimum Gasteiger partial charge on any atom is -0.385 e. The molecule has 0 radical (unpaired) electrons. The molecule has 0 spiro atoms. The fraction of sp³-hybridized carbons (Fsp3) is 0.300. The summed E-state index contributed by atoms with van der Waals surface area (Å²) in [4.78, 5) is 0. The third kappa shape index (κ3) is 1.73. The molecule has 5 rings (SSSR count). The van der Waals surface area contributed by atoms with Crippen molar-refractivity contribution in [2.45, 2.75) is 37.3 Å². The summed E-state index contributed by atoms with van der Waals surface area (Å²) in [6.07, 6.45) is 5.71. The third-order valence-corrected chi connectivity index (χ3v) is 5.90. The van der Waals surface area contributed by atoms with E-state index >= 15 is 0 Å². The molecule has 0 amide bonds. The lowest BCUT2D eigenvalue weighted by Gasteiger charge is -2.19. The van der Waals surface area contributed by atoms with Crippen LogP contribution < -0.4 is 0 Å². The highest BCUT2D eigenvalue weighted by molar-refractivity contribution is 6.64. The summed E-state index contributed by atoms with van der Waals surface area (Å²) in [6.45, 7) is 0.718. The molecule has 3 heterocycles. The summed E-state index contributed by atoms with van der Waals surface area (Å²) in [7, 11) is 0. The molecule has 0 saturated carbocycles. The Balaban J connectivity index is 1.78. The normalized spacial score (nSPS) is 23.5. The Kier molecular flexibility index (Phi) is 2.73. The van der Waals surface area contributed by atoms with Crippen LogP contribution in [-0.4, -0.2) is 11.3 Å². The number of para-hydroxylation sites is 1. The van der Waals surface area contributed by atoms with E-state index < -0.39 is 0 Å². The highest BCUT2D eigenvalue weighted by Gasteiger charge is 2.47. The second kappa shape index (κ2) is 4.77. The van der Waals surface area contributed by atoms with Crippen molar-refractivity contribution in [2.24, 2.45) is 0 Å². The van der Waals surface area contributed by atoms with E-state index in [-0.39, 0.29) is 0 Å². The van der Waals surface area contributed by atoms with E-state index in [4.69, 9.17) is 0 Å². The number of fused-ring (bicyclic) bond motifs is 3. The molecule has 1 aromatic heterocycles. The molecule has 0 atom stereocenters. The van der Waals surface area contributed by atoms with Crippen molar-refractivity contribution in [3.8, 4) is 11.3 Å². The van der Waals surface area contributed by atoms with E-state index in [1.54, 1.807) is 0 Å². The average molecular weight is 285 g/mol. The third-order valence-electron chi connectivity index (χ3n) is 5.90. The first kappa shape index (κ1) is 12.6. The molecule has 1 nitrogen and oxygen atoms in total. The van der Waals surface area contributed by atoms with Crippen LogP contribution in [0.25, 0.3) is 22.2 Å². The first-order valence-corrected chi connectivity index (χ1v) is 8.57. The molecule has 0 N–H and O–H groups in total. The molecule has 2 aromatic carbocycles. The Morgan fingerprint density at radius 1 is 0.773 bits per heavy atom. The van der Waals surface area contributed by atoms with Gasteiger partial charge in [-0.25, -0.2) is 0 Å². The van der Waals surface area contributed by atoms with Gasteiger partial charge in [-0.15, -0.1) is 0 Å². The Labute approximate surface area is 132 Å². The standard InChI is InChI=1S/C20H20BN/c1-2-6-15(7-3-1)20-14-16-8-4-5-9-19(16)22(20)21-17-10-11-18(21)13-12-17/h1-9,14,17-18H,10-13H2. The van der Waals surface area contributed by atoms with Crippen molar-refractivity contribution in [1.29, 1.82) is 0 Å². The highest BCUT2D eigenvalue weighted by Crippen LogP contribution is 2.53. The Morgan fingerprint density at radius 2 is 1.41 bits per heavy atom. The monoisotopic (exact) mass is 285 g/mol. The number of rotatable bonds is 2. The van der Waals surface area contributed by atoms with Crippen molar-refractivity contribution in [1.82, 2.24) is 4.48 Å². The summed E-state index contributed by atoms with van der Waals surface area (Å²) >= 11 is 0. The van der Waals surface area contributed by atoms with Gasteiger partial charge in [0.05, 0.1) is 0 Å². The van der Waals surface area contributed by atoms with Crippen LogP contribution >= 0.6 is 0 Å². The van der Waals surface area contributed by atoms with Gasteiger partial charge in [-0.3, -0.25) is 0 Å². The zero-order chi connectivity index (χ0) is 14.5. The summed E-state index contributed by atoms with van der Waals surface area (Å²) in [6, 6.07) is 22.2. The van der Waals surface area contributed by atoms with Crippen molar-refractivity contribution < 1.29 is 0 Å². The average Bonchev–Trinajstić information content (AvgIpc) is 3.26. The molecule has 22 heavy (non-hydrogen) atoms. The lowest BCUT2D eigenvalue weighted by molar-refractivity contribution is 0.565. The van der Waals surface area contributed by atoms with Gasteiger partial charge in [0, 0.05) is 11.2 Å². The van der Waals surface area contributed by atoms with E-state index in [2.05, 4.69) is 65.1 Å². The van der Waals surface area contributed by atoms with Crippen LogP contribution in [-0.2, 0) is 0 Å². The van der Waals surface area contributed by atoms with Crippen molar-refractivity contribution in [3.63, 3.8) is 0 Å². The summed E-state index contributed by atoms with van der Waals surface area (Å²) < 4.78 is 2.68. The molecule has 2 bridgehead atoms. The van der Waals surface area contributed by atoms with Crippen LogP contribution in [0.2, 0.25) is 11.6 Å². The van der Waals surface area contributed by atoms with Gasteiger partial charge in [-0.2, -0.15) is 0 Å². The lowest BCUT2D eigenvalue weighted by Crippen LogP contribution is -2.26. The number of hydrogen-bond acceptors (Lipinski definition) is 0. The van der Waals surface area contributed by atoms with Gasteiger partial charge in [-0.05, 0) is 34.7 Å². The molecule has 2 aliphatic heterocycles. The summed E-state index contributed by atoms with van der Waals surface area (Å²) in [5.74, 6) is 1.78. The second-order valence-corrected chi connectivity index (χ2v) is 6.99. The molecular formula is C20H20BN. The van der Waals surface area contributed by atoms with Crippen LogP contribution in [0.5, 0.6) is 0 Å². The first-order chi connectivity index (χ1) is 10.9. The largest absolute Gasteiger partial charge is 0.385 e.